The minimum atomic E-state index is -0.529. The highest BCUT2D eigenvalue weighted by Crippen LogP contribution is 2.31. The lowest BCUT2D eigenvalue weighted by atomic mass is 9.88. The van der Waals surface area contributed by atoms with E-state index < -0.39 is 11.7 Å². The quantitative estimate of drug-likeness (QED) is 0.827. The highest BCUT2D eigenvalue weighted by atomic mass is 16.6. The minimum Gasteiger partial charge on any atom is -0.444 e. The van der Waals surface area contributed by atoms with Crippen LogP contribution in [0.25, 0.3) is 16.8 Å². The van der Waals surface area contributed by atoms with Crippen molar-refractivity contribution in [2.24, 2.45) is 0 Å². The monoisotopic (exact) mass is 353 g/mol. The first-order valence-corrected chi connectivity index (χ1v) is 8.67. The van der Waals surface area contributed by atoms with E-state index in [1.54, 1.807) is 0 Å². The molecule has 0 atom stereocenters. The van der Waals surface area contributed by atoms with Gasteiger partial charge in [-0.3, -0.25) is 4.79 Å². The molecule has 0 fully saturated rings. The summed E-state index contributed by atoms with van der Waals surface area (Å²) in [5.41, 5.74) is 1.83. The molecule has 1 aliphatic carbocycles. The van der Waals surface area contributed by atoms with Crippen molar-refractivity contribution >= 4 is 28.7 Å². The maximum atomic E-state index is 12.7. The summed E-state index contributed by atoms with van der Waals surface area (Å²) in [7, 11) is 0. The number of hydrogen-bond donors (Lipinski definition) is 1. The molecule has 0 heterocycles. The Hall–Kier alpha value is -2.66. The van der Waals surface area contributed by atoms with Gasteiger partial charge in [0.25, 0.3) is 0 Å². The molecule has 0 aromatic heterocycles. The fourth-order valence-electron chi connectivity index (χ4n) is 2.93. The fraction of sp³-hybridized carbons (Fsp3) is 0.333. The first-order valence-electron chi connectivity index (χ1n) is 8.67. The molecule has 0 saturated heterocycles. The number of ether oxygens (including phenoxy) is 2. The second-order valence-electron chi connectivity index (χ2n) is 7.23. The van der Waals surface area contributed by atoms with Crippen LogP contribution in [0, 0.1) is 0 Å². The molecule has 136 valence electrons. The van der Waals surface area contributed by atoms with Crippen LogP contribution < -0.4 is 5.32 Å². The zero-order chi connectivity index (χ0) is 18.7. The van der Waals surface area contributed by atoms with Gasteiger partial charge in [-0.2, -0.15) is 0 Å². The van der Waals surface area contributed by atoms with Crippen LogP contribution in [-0.2, 0) is 9.47 Å². The van der Waals surface area contributed by atoms with Crippen LogP contribution in [0.4, 0.5) is 4.79 Å². The van der Waals surface area contributed by atoms with Crippen molar-refractivity contribution in [2.45, 2.75) is 26.4 Å². The Morgan fingerprint density at radius 3 is 2.58 bits per heavy atom. The number of carbonyl (C=O) groups excluding carboxylic acids is 2. The van der Waals surface area contributed by atoms with Crippen molar-refractivity contribution in [2.75, 3.05) is 19.8 Å². The van der Waals surface area contributed by atoms with Gasteiger partial charge in [0, 0.05) is 23.1 Å². The first kappa shape index (κ1) is 18.1. The van der Waals surface area contributed by atoms with Crippen molar-refractivity contribution in [1.29, 1.82) is 0 Å². The van der Waals surface area contributed by atoms with Gasteiger partial charge in [-0.25, -0.2) is 4.79 Å². The van der Waals surface area contributed by atoms with Crippen LogP contribution in [0.1, 0.15) is 36.7 Å². The summed E-state index contributed by atoms with van der Waals surface area (Å²) in [4.78, 5) is 24.3. The standard InChI is InChI=1S/C21H23NO4/c1-21(2,3)26-20(24)22-10-11-25-13-16-12-15-8-4-6-14-7-5-9-17(18(14)15)19(16)23/h4-9,12H,10-11,13H2,1-3H3,(H,22,24). The largest absolute Gasteiger partial charge is 0.444 e. The second kappa shape index (κ2) is 7.30. The number of benzene rings is 2. The van der Waals surface area contributed by atoms with Crippen LogP contribution in [0.2, 0.25) is 0 Å². The van der Waals surface area contributed by atoms with E-state index in [2.05, 4.69) is 5.32 Å². The number of alkyl carbamates (subject to hydrolysis) is 1. The number of ketones is 1. The normalized spacial score (nSPS) is 13.5. The molecule has 0 radical (unpaired) electrons. The van der Waals surface area contributed by atoms with Gasteiger partial charge in [-0.1, -0.05) is 36.4 Å². The summed E-state index contributed by atoms with van der Waals surface area (Å²) in [5, 5.41) is 4.69. The van der Waals surface area contributed by atoms with Crippen LogP contribution in [0.15, 0.2) is 42.0 Å². The third-order valence-corrected chi connectivity index (χ3v) is 3.98. The van der Waals surface area contributed by atoms with Crippen molar-refractivity contribution in [1.82, 2.24) is 5.32 Å². The first-order chi connectivity index (χ1) is 12.3. The average molecular weight is 353 g/mol. The highest BCUT2D eigenvalue weighted by Gasteiger charge is 2.21. The Morgan fingerprint density at radius 2 is 1.85 bits per heavy atom. The molecule has 0 saturated carbocycles. The SMILES string of the molecule is CC(C)(C)OC(=O)NCCOCC1=Cc2cccc3cccc(c23)C1=O. The Labute approximate surface area is 153 Å². The van der Waals surface area contributed by atoms with Gasteiger partial charge >= 0.3 is 6.09 Å². The van der Waals surface area contributed by atoms with Crippen LogP contribution >= 0.6 is 0 Å². The molecule has 0 spiro atoms. The fourth-order valence-corrected chi connectivity index (χ4v) is 2.93. The van der Waals surface area contributed by atoms with Gasteiger partial charge in [0.2, 0.25) is 0 Å². The molecule has 26 heavy (non-hydrogen) atoms. The summed E-state index contributed by atoms with van der Waals surface area (Å²) in [6, 6.07) is 11.7. The summed E-state index contributed by atoms with van der Waals surface area (Å²) in [6.07, 6.45) is 1.41. The van der Waals surface area contributed by atoms with Crippen molar-refractivity contribution in [3.05, 3.63) is 53.1 Å². The molecule has 1 N–H and O–H groups in total. The van der Waals surface area contributed by atoms with Crippen LogP contribution in [-0.4, -0.2) is 37.2 Å². The Balaban J connectivity index is 1.56. The number of nitrogens with one attached hydrogen (secondary N) is 1. The Morgan fingerprint density at radius 1 is 1.12 bits per heavy atom. The van der Waals surface area contributed by atoms with E-state index in [9.17, 15) is 9.59 Å². The van der Waals surface area contributed by atoms with Crippen molar-refractivity contribution in [3.63, 3.8) is 0 Å². The number of Topliss-reactive ketones (excluding diaryl/α,β-unsaturated/α-hetero) is 1. The molecule has 2 aromatic carbocycles. The predicted molar refractivity (Wildman–Crippen MR) is 101 cm³/mol. The molecule has 5 heteroatoms. The zero-order valence-corrected chi connectivity index (χ0v) is 15.3. The van der Waals surface area contributed by atoms with E-state index in [1.165, 1.54) is 0 Å². The third kappa shape index (κ3) is 4.11. The smallest absolute Gasteiger partial charge is 0.407 e. The van der Waals surface area contributed by atoms with Gasteiger partial charge in [0.05, 0.1) is 13.2 Å². The van der Waals surface area contributed by atoms with Crippen LogP contribution in [0.5, 0.6) is 0 Å². The lowest BCUT2D eigenvalue weighted by molar-refractivity contribution is 0.0503. The van der Waals surface area contributed by atoms with E-state index in [1.807, 2.05) is 63.2 Å². The van der Waals surface area contributed by atoms with Gasteiger partial charge in [-0.05, 0) is 37.8 Å². The molecule has 5 nitrogen and oxygen atoms in total. The van der Waals surface area contributed by atoms with Gasteiger partial charge in [-0.15, -0.1) is 0 Å². The van der Waals surface area contributed by atoms with Crippen molar-refractivity contribution < 1.29 is 19.1 Å². The van der Waals surface area contributed by atoms with E-state index in [4.69, 9.17) is 9.47 Å². The maximum Gasteiger partial charge on any atom is 0.407 e. The molecule has 0 unspecified atom stereocenters. The predicted octanol–water partition coefficient (Wildman–Crippen LogP) is 3.96. The lowest BCUT2D eigenvalue weighted by Gasteiger charge is -2.20. The van der Waals surface area contributed by atoms with Gasteiger partial charge < -0.3 is 14.8 Å². The highest BCUT2D eigenvalue weighted by molar-refractivity contribution is 6.22. The van der Waals surface area contributed by atoms with E-state index in [-0.39, 0.29) is 12.4 Å². The Bertz CT molecular complexity index is 872. The van der Waals surface area contributed by atoms with E-state index in [0.29, 0.717) is 24.3 Å². The molecule has 1 amide bonds. The zero-order valence-electron chi connectivity index (χ0n) is 15.3. The Kier molecular flexibility index (Phi) is 5.09. The summed E-state index contributed by atoms with van der Waals surface area (Å²) in [6.45, 7) is 6.26. The molecule has 0 aliphatic heterocycles. The maximum absolute atomic E-state index is 12.7. The minimum absolute atomic E-state index is 0.00518. The average Bonchev–Trinajstić information content (AvgIpc) is 2.57. The van der Waals surface area contributed by atoms with Crippen LogP contribution in [0.3, 0.4) is 0 Å². The number of amides is 1. The topological polar surface area (TPSA) is 64.6 Å². The molecular formula is C21H23NO4. The van der Waals surface area contributed by atoms with Gasteiger partial charge in [0.15, 0.2) is 5.78 Å². The molecule has 1 aliphatic rings. The second-order valence-corrected chi connectivity index (χ2v) is 7.23. The molecule has 3 rings (SSSR count). The van der Waals surface area contributed by atoms with Crippen molar-refractivity contribution in [3.8, 4) is 0 Å². The number of carbonyl (C=O) groups is 2. The summed E-state index contributed by atoms with van der Waals surface area (Å²) < 4.78 is 10.7. The lowest BCUT2D eigenvalue weighted by Crippen LogP contribution is -2.34. The summed E-state index contributed by atoms with van der Waals surface area (Å²) in [5.74, 6) is -0.00518. The van der Waals surface area contributed by atoms with E-state index >= 15 is 0 Å². The summed E-state index contributed by atoms with van der Waals surface area (Å²) >= 11 is 0. The third-order valence-electron chi connectivity index (χ3n) is 3.98. The molecular weight excluding hydrogens is 330 g/mol. The number of rotatable bonds is 5. The molecule has 0 bridgehead atoms. The van der Waals surface area contributed by atoms with Gasteiger partial charge in [0.1, 0.15) is 5.60 Å². The molecule has 2 aromatic rings. The number of hydrogen-bond acceptors (Lipinski definition) is 4. The van der Waals surface area contributed by atoms with E-state index in [0.717, 1.165) is 16.3 Å².